The van der Waals surface area contributed by atoms with E-state index in [9.17, 15) is 10.1 Å². The van der Waals surface area contributed by atoms with Crippen LogP contribution in [0.5, 0.6) is 0 Å². The van der Waals surface area contributed by atoms with Gasteiger partial charge in [0, 0.05) is 27.2 Å². The smallest absolute Gasteiger partial charge is 0.330 e. The first-order valence-corrected chi connectivity index (χ1v) is 5.39. The van der Waals surface area contributed by atoms with E-state index in [-0.39, 0.29) is 17.9 Å². The molecule has 1 aromatic heterocycles. The topological polar surface area (TPSA) is 97.2 Å². The maximum absolute atomic E-state index is 10.9. The highest BCUT2D eigenvalue weighted by atomic mass is 16.6. The average Bonchev–Trinajstić information content (AvgIpc) is 2.72. The predicted octanol–water partition coefficient (Wildman–Crippen LogP) is 0.695. The Morgan fingerprint density at radius 1 is 1.67 bits per heavy atom. The molecule has 0 amide bonds. The monoisotopic (exact) mass is 253 g/mol. The molecule has 0 bridgehead atoms. The standard InChI is InChI=1S/C10H15N5O3/c1-13-8-9(15(16)17)10(12-13)14(5-3-4-11)6-7-18-2/h8H,3,5-7H2,1-2H3. The van der Waals surface area contributed by atoms with Crippen molar-refractivity contribution in [2.45, 2.75) is 6.42 Å². The van der Waals surface area contributed by atoms with E-state index in [4.69, 9.17) is 10.00 Å². The van der Waals surface area contributed by atoms with Crippen molar-refractivity contribution in [3.05, 3.63) is 16.3 Å². The second kappa shape index (κ2) is 6.56. The van der Waals surface area contributed by atoms with Gasteiger partial charge in [-0.2, -0.15) is 5.26 Å². The maximum atomic E-state index is 10.9. The molecule has 0 aliphatic heterocycles. The van der Waals surface area contributed by atoms with Crippen LogP contribution < -0.4 is 4.90 Å². The summed E-state index contributed by atoms with van der Waals surface area (Å²) in [6.07, 6.45) is 1.62. The van der Waals surface area contributed by atoms with Gasteiger partial charge in [0.1, 0.15) is 6.20 Å². The number of nitrogens with zero attached hydrogens (tertiary/aromatic N) is 5. The zero-order chi connectivity index (χ0) is 13.5. The zero-order valence-corrected chi connectivity index (χ0v) is 10.4. The van der Waals surface area contributed by atoms with Gasteiger partial charge in [-0.1, -0.05) is 0 Å². The fourth-order valence-corrected chi connectivity index (χ4v) is 1.53. The van der Waals surface area contributed by atoms with Crippen molar-refractivity contribution in [2.24, 2.45) is 7.05 Å². The van der Waals surface area contributed by atoms with Gasteiger partial charge < -0.3 is 9.64 Å². The quantitative estimate of drug-likeness (QED) is 0.524. The molecule has 0 aromatic carbocycles. The summed E-state index contributed by atoms with van der Waals surface area (Å²) in [7, 11) is 3.17. The molecule has 0 saturated carbocycles. The van der Waals surface area contributed by atoms with Crippen LogP contribution in [0.4, 0.5) is 11.5 Å². The Morgan fingerprint density at radius 3 is 2.94 bits per heavy atom. The third-order valence-electron chi connectivity index (χ3n) is 2.35. The van der Waals surface area contributed by atoms with Gasteiger partial charge >= 0.3 is 5.69 Å². The Labute approximate surface area is 105 Å². The molecule has 1 heterocycles. The molecule has 0 unspecified atom stereocenters. The fourth-order valence-electron chi connectivity index (χ4n) is 1.53. The summed E-state index contributed by atoms with van der Waals surface area (Å²) < 4.78 is 6.34. The highest BCUT2D eigenvalue weighted by Gasteiger charge is 2.23. The summed E-state index contributed by atoms with van der Waals surface area (Å²) in [5, 5.41) is 23.6. The van der Waals surface area contributed by atoms with Gasteiger partial charge in [0.05, 0.1) is 24.0 Å². The number of methoxy groups -OCH3 is 1. The van der Waals surface area contributed by atoms with E-state index < -0.39 is 4.92 Å². The van der Waals surface area contributed by atoms with Gasteiger partial charge in [-0.25, -0.2) is 0 Å². The molecule has 0 atom stereocenters. The lowest BCUT2D eigenvalue weighted by Gasteiger charge is -2.19. The van der Waals surface area contributed by atoms with E-state index >= 15 is 0 Å². The van der Waals surface area contributed by atoms with Crippen molar-refractivity contribution >= 4 is 11.5 Å². The van der Waals surface area contributed by atoms with Gasteiger partial charge in [-0.15, -0.1) is 5.10 Å². The number of rotatable bonds is 7. The molecule has 98 valence electrons. The van der Waals surface area contributed by atoms with Crippen LogP contribution in [0, 0.1) is 21.4 Å². The van der Waals surface area contributed by atoms with Gasteiger partial charge in [0.15, 0.2) is 0 Å². The molecule has 0 radical (unpaired) electrons. The lowest BCUT2D eigenvalue weighted by Crippen LogP contribution is -2.29. The Kier molecular flexibility index (Phi) is 5.07. The van der Waals surface area contributed by atoms with E-state index in [0.717, 1.165) is 0 Å². The molecule has 1 rings (SSSR count). The van der Waals surface area contributed by atoms with Gasteiger partial charge in [-0.05, 0) is 0 Å². The van der Waals surface area contributed by atoms with Crippen LogP contribution in [-0.4, -0.2) is 41.5 Å². The van der Waals surface area contributed by atoms with Gasteiger partial charge in [0.2, 0.25) is 5.82 Å². The number of aryl methyl sites for hydroxylation is 1. The van der Waals surface area contributed by atoms with Crippen LogP contribution in [0.3, 0.4) is 0 Å². The third kappa shape index (κ3) is 3.43. The lowest BCUT2D eigenvalue weighted by molar-refractivity contribution is -0.384. The molecule has 8 nitrogen and oxygen atoms in total. The molecule has 18 heavy (non-hydrogen) atoms. The van der Waals surface area contributed by atoms with Crippen LogP contribution in [-0.2, 0) is 11.8 Å². The summed E-state index contributed by atoms with van der Waals surface area (Å²) in [6, 6.07) is 2.01. The molecule has 0 fully saturated rings. The average molecular weight is 253 g/mol. The van der Waals surface area contributed by atoms with Crippen LogP contribution in [0.15, 0.2) is 6.20 Å². The Bertz CT molecular complexity index is 451. The Morgan fingerprint density at radius 2 is 2.39 bits per heavy atom. The number of nitriles is 1. The minimum atomic E-state index is -0.478. The van der Waals surface area contributed by atoms with E-state index in [1.54, 1.807) is 19.1 Å². The van der Waals surface area contributed by atoms with Crippen molar-refractivity contribution in [3.8, 4) is 6.07 Å². The number of ether oxygens (including phenoxy) is 1. The molecule has 0 aliphatic rings. The summed E-state index contributed by atoms with van der Waals surface area (Å²) in [5.41, 5.74) is -0.0634. The number of hydrogen-bond acceptors (Lipinski definition) is 6. The SMILES string of the molecule is COCCN(CCC#N)c1nn(C)cc1[N+](=O)[O-]. The largest absolute Gasteiger partial charge is 0.383 e. The predicted molar refractivity (Wildman–Crippen MR) is 64.2 cm³/mol. The molecule has 0 aliphatic carbocycles. The third-order valence-corrected chi connectivity index (χ3v) is 2.35. The molecule has 1 aromatic rings. The van der Waals surface area contributed by atoms with Crippen LogP contribution in [0.2, 0.25) is 0 Å². The van der Waals surface area contributed by atoms with E-state index in [0.29, 0.717) is 19.7 Å². The normalized spacial score (nSPS) is 10.1. The maximum Gasteiger partial charge on any atom is 0.330 e. The number of hydrogen-bond donors (Lipinski definition) is 0. The first-order valence-electron chi connectivity index (χ1n) is 5.39. The Hall–Kier alpha value is -2.14. The number of anilines is 1. The lowest BCUT2D eigenvalue weighted by atomic mass is 10.3. The molecular weight excluding hydrogens is 238 g/mol. The first-order chi connectivity index (χ1) is 8.60. The van der Waals surface area contributed by atoms with Gasteiger partial charge in [0.25, 0.3) is 0 Å². The highest BCUT2D eigenvalue weighted by Crippen LogP contribution is 2.25. The molecule has 8 heteroatoms. The first kappa shape index (κ1) is 13.9. The van der Waals surface area contributed by atoms with Crippen LogP contribution >= 0.6 is 0 Å². The molecular formula is C10H15N5O3. The van der Waals surface area contributed by atoms with E-state index in [2.05, 4.69) is 5.10 Å². The van der Waals surface area contributed by atoms with Crippen molar-refractivity contribution in [3.63, 3.8) is 0 Å². The number of nitro groups is 1. The van der Waals surface area contributed by atoms with E-state index in [1.165, 1.54) is 10.9 Å². The van der Waals surface area contributed by atoms with E-state index in [1.807, 2.05) is 6.07 Å². The highest BCUT2D eigenvalue weighted by molar-refractivity contribution is 5.56. The van der Waals surface area contributed by atoms with Crippen molar-refractivity contribution < 1.29 is 9.66 Å². The summed E-state index contributed by atoms with van der Waals surface area (Å²) in [6.45, 7) is 1.26. The molecule has 0 saturated heterocycles. The van der Waals surface area contributed by atoms with Crippen molar-refractivity contribution in [1.29, 1.82) is 5.26 Å². The van der Waals surface area contributed by atoms with Crippen LogP contribution in [0.1, 0.15) is 6.42 Å². The summed E-state index contributed by atoms with van der Waals surface area (Å²) in [4.78, 5) is 12.1. The second-order valence-corrected chi connectivity index (χ2v) is 3.66. The van der Waals surface area contributed by atoms with Crippen LogP contribution in [0.25, 0.3) is 0 Å². The van der Waals surface area contributed by atoms with Crippen molar-refractivity contribution in [1.82, 2.24) is 9.78 Å². The summed E-state index contributed by atoms with van der Waals surface area (Å²) in [5.74, 6) is 0.273. The fraction of sp³-hybridized carbons (Fsp3) is 0.600. The summed E-state index contributed by atoms with van der Waals surface area (Å²) >= 11 is 0. The minimum absolute atomic E-state index is 0.0634. The molecule has 0 N–H and O–H groups in total. The zero-order valence-electron chi connectivity index (χ0n) is 10.4. The number of aromatic nitrogens is 2. The minimum Gasteiger partial charge on any atom is -0.383 e. The second-order valence-electron chi connectivity index (χ2n) is 3.66. The van der Waals surface area contributed by atoms with Crippen molar-refractivity contribution in [2.75, 3.05) is 31.7 Å². The molecule has 0 spiro atoms. The van der Waals surface area contributed by atoms with Gasteiger partial charge in [-0.3, -0.25) is 14.8 Å². The Balaban J connectivity index is 2.96.